The van der Waals surface area contributed by atoms with Gasteiger partial charge in [-0.2, -0.15) is 13.2 Å². The molecule has 1 amide bonds. The molecule has 0 bridgehead atoms. The van der Waals surface area contributed by atoms with Gasteiger partial charge in [0.15, 0.2) is 6.61 Å². The number of nitrogens with one attached hydrogen (secondary N) is 1. The number of ether oxygens (including phenoxy) is 2. The van der Waals surface area contributed by atoms with Crippen molar-refractivity contribution in [3.05, 3.63) is 48.3 Å². The van der Waals surface area contributed by atoms with Gasteiger partial charge < -0.3 is 14.8 Å². The van der Waals surface area contributed by atoms with E-state index in [0.717, 1.165) is 18.2 Å². The number of carbonyl (C=O) groups is 1. The number of methoxy groups -OCH3 is 1. The zero-order chi connectivity index (χ0) is 20.2. The molecule has 0 saturated carbocycles. The van der Waals surface area contributed by atoms with Crippen LogP contribution in [-0.4, -0.2) is 33.5 Å². The van der Waals surface area contributed by atoms with Gasteiger partial charge in [0.05, 0.1) is 17.7 Å². The van der Waals surface area contributed by atoms with Gasteiger partial charge in [-0.15, -0.1) is 0 Å². The zero-order valence-corrected chi connectivity index (χ0v) is 14.5. The van der Waals surface area contributed by atoms with E-state index in [0.29, 0.717) is 12.1 Å². The number of benzene rings is 2. The van der Waals surface area contributed by atoms with Crippen LogP contribution in [0.4, 0.5) is 23.2 Å². The number of rotatable bonds is 6. The molecule has 2 rings (SSSR count). The van der Waals surface area contributed by atoms with Crippen LogP contribution in [0.1, 0.15) is 0 Å². The van der Waals surface area contributed by atoms with Crippen molar-refractivity contribution in [3.63, 3.8) is 0 Å². The molecule has 1 N–H and O–H groups in total. The molecular weight excluding hydrogens is 394 g/mol. The minimum atomic E-state index is -5.59. The average molecular weight is 407 g/mol. The maximum atomic E-state index is 12.8. The Bertz CT molecular complexity index is 927. The maximum Gasteiger partial charge on any atom is 0.501 e. The smallest absolute Gasteiger partial charge is 0.495 e. The number of alkyl halides is 3. The average Bonchev–Trinajstić information content (AvgIpc) is 2.60. The lowest BCUT2D eigenvalue weighted by molar-refractivity contribution is -0.118. The lowest BCUT2D eigenvalue weighted by atomic mass is 10.3. The first-order valence-electron chi connectivity index (χ1n) is 7.22. The Kier molecular flexibility index (Phi) is 5.94. The fourth-order valence-corrected chi connectivity index (χ4v) is 2.74. The van der Waals surface area contributed by atoms with Crippen LogP contribution in [0, 0.1) is 5.82 Å². The summed E-state index contributed by atoms with van der Waals surface area (Å²) in [4.78, 5) is 10.9. The van der Waals surface area contributed by atoms with Crippen LogP contribution < -0.4 is 14.8 Å². The summed E-state index contributed by atoms with van der Waals surface area (Å²) in [6.45, 7) is -0.551. The van der Waals surface area contributed by atoms with E-state index in [1.54, 1.807) is 0 Å². The van der Waals surface area contributed by atoms with E-state index < -0.39 is 38.6 Å². The van der Waals surface area contributed by atoms with Gasteiger partial charge in [0, 0.05) is 0 Å². The first-order chi connectivity index (χ1) is 12.5. The number of hydrogen-bond donors (Lipinski definition) is 1. The molecule has 27 heavy (non-hydrogen) atoms. The first-order valence-corrected chi connectivity index (χ1v) is 8.70. The third-order valence-electron chi connectivity index (χ3n) is 3.24. The lowest BCUT2D eigenvalue weighted by Gasteiger charge is -2.14. The first kappa shape index (κ1) is 20.5. The minimum absolute atomic E-state index is 0.0498. The van der Waals surface area contributed by atoms with E-state index in [9.17, 15) is 30.8 Å². The molecule has 0 aliphatic rings. The van der Waals surface area contributed by atoms with Crippen molar-refractivity contribution in [3.8, 4) is 11.5 Å². The predicted octanol–water partition coefficient (Wildman–Crippen LogP) is 3.15. The highest BCUT2D eigenvalue weighted by Crippen LogP contribution is 2.34. The van der Waals surface area contributed by atoms with Gasteiger partial charge in [-0.3, -0.25) is 4.79 Å². The Balaban J connectivity index is 2.17. The van der Waals surface area contributed by atoms with E-state index in [1.807, 2.05) is 0 Å². The minimum Gasteiger partial charge on any atom is -0.495 e. The standard InChI is InChI=1S/C16H13F4NO5S/c1-25-14-7-6-12(27(23,24)16(18,19)20)8-13(14)21-15(22)9-26-11-4-2-10(17)3-5-11/h2-8H,9H2,1H3,(H,21,22). The molecule has 0 atom stereocenters. The van der Waals surface area contributed by atoms with Crippen LogP contribution in [0.25, 0.3) is 0 Å². The van der Waals surface area contributed by atoms with Gasteiger partial charge in [-0.25, -0.2) is 12.8 Å². The summed E-state index contributed by atoms with van der Waals surface area (Å²) in [6, 6.07) is 7.11. The summed E-state index contributed by atoms with van der Waals surface area (Å²) in [5, 5.41) is 2.21. The fraction of sp³-hybridized carbons (Fsp3) is 0.188. The summed E-state index contributed by atoms with van der Waals surface area (Å²) < 4.78 is 83.8. The molecule has 0 unspecified atom stereocenters. The molecular formula is C16H13F4NO5S. The van der Waals surface area contributed by atoms with Crippen molar-refractivity contribution in [2.24, 2.45) is 0 Å². The third kappa shape index (κ3) is 4.88. The van der Waals surface area contributed by atoms with Gasteiger partial charge in [-0.05, 0) is 42.5 Å². The van der Waals surface area contributed by atoms with Crippen molar-refractivity contribution < 1.29 is 40.2 Å². The SMILES string of the molecule is COc1ccc(S(=O)(=O)C(F)(F)F)cc1NC(=O)COc1ccc(F)cc1. The Morgan fingerprint density at radius 2 is 1.74 bits per heavy atom. The highest BCUT2D eigenvalue weighted by Gasteiger charge is 2.47. The van der Waals surface area contributed by atoms with Crippen LogP contribution in [-0.2, 0) is 14.6 Å². The normalized spacial score (nSPS) is 11.7. The molecule has 0 spiro atoms. The van der Waals surface area contributed by atoms with Gasteiger partial charge in [0.2, 0.25) is 0 Å². The van der Waals surface area contributed by atoms with Crippen molar-refractivity contribution >= 4 is 21.4 Å². The number of anilines is 1. The molecule has 2 aromatic rings. The Labute approximate surface area is 151 Å². The summed E-state index contributed by atoms with van der Waals surface area (Å²) in [6.07, 6.45) is 0. The molecule has 0 radical (unpaired) electrons. The molecule has 11 heteroatoms. The van der Waals surface area contributed by atoms with E-state index in [4.69, 9.17) is 9.47 Å². The summed E-state index contributed by atoms with van der Waals surface area (Å²) >= 11 is 0. The molecule has 146 valence electrons. The van der Waals surface area contributed by atoms with Crippen molar-refractivity contribution in [1.82, 2.24) is 0 Å². The van der Waals surface area contributed by atoms with Crippen LogP contribution in [0.2, 0.25) is 0 Å². The highest BCUT2D eigenvalue weighted by atomic mass is 32.2. The van der Waals surface area contributed by atoms with Gasteiger partial charge in [-0.1, -0.05) is 0 Å². The largest absolute Gasteiger partial charge is 0.501 e. The van der Waals surface area contributed by atoms with Gasteiger partial charge in [0.25, 0.3) is 15.7 Å². The maximum absolute atomic E-state index is 12.8. The summed E-state index contributed by atoms with van der Waals surface area (Å²) in [5.74, 6) is -1.16. The van der Waals surface area contributed by atoms with Crippen LogP contribution in [0.5, 0.6) is 11.5 Å². The number of halogens is 4. The van der Waals surface area contributed by atoms with Crippen LogP contribution >= 0.6 is 0 Å². The van der Waals surface area contributed by atoms with E-state index in [-0.39, 0.29) is 17.2 Å². The molecule has 0 heterocycles. The summed E-state index contributed by atoms with van der Waals surface area (Å²) in [5.41, 5.74) is -5.77. The van der Waals surface area contributed by atoms with Gasteiger partial charge >= 0.3 is 5.51 Å². The number of sulfone groups is 1. The second kappa shape index (κ2) is 7.82. The molecule has 2 aromatic carbocycles. The number of hydrogen-bond acceptors (Lipinski definition) is 5. The van der Waals surface area contributed by atoms with E-state index in [1.165, 1.54) is 19.2 Å². The van der Waals surface area contributed by atoms with Gasteiger partial charge in [0.1, 0.15) is 17.3 Å². The van der Waals surface area contributed by atoms with Crippen LogP contribution in [0.3, 0.4) is 0 Å². The molecule has 0 saturated heterocycles. The fourth-order valence-electron chi connectivity index (χ4n) is 1.95. The molecule has 0 aromatic heterocycles. The van der Waals surface area contributed by atoms with Crippen molar-refractivity contribution in [2.45, 2.75) is 10.4 Å². The van der Waals surface area contributed by atoms with E-state index >= 15 is 0 Å². The van der Waals surface area contributed by atoms with Crippen molar-refractivity contribution in [1.29, 1.82) is 0 Å². The second-order valence-corrected chi connectivity index (χ2v) is 7.04. The monoisotopic (exact) mass is 407 g/mol. The van der Waals surface area contributed by atoms with E-state index in [2.05, 4.69) is 5.32 Å². The Hall–Kier alpha value is -2.82. The molecule has 0 fully saturated rings. The summed E-state index contributed by atoms with van der Waals surface area (Å²) in [7, 11) is -4.40. The van der Waals surface area contributed by atoms with Crippen molar-refractivity contribution in [2.75, 3.05) is 19.0 Å². The highest BCUT2D eigenvalue weighted by molar-refractivity contribution is 7.92. The zero-order valence-electron chi connectivity index (χ0n) is 13.7. The molecule has 0 aliphatic heterocycles. The van der Waals surface area contributed by atoms with Crippen LogP contribution in [0.15, 0.2) is 47.4 Å². The third-order valence-corrected chi connectivity index (χ3v) is 4.73. The Morgan fingerprint density at radius 3 is 2.30 bits per heavy atom. The molecule has 0 aliphatic carbocycles. The second-order valence-electron chi connectivity index (χ2n) is 5.10. The molecule has 6 nitrogen and oxygen atoms in total. The number of carbonyl (C=O) groups excluding carboxylic acids is 1. The lowest BCUT2D eigenvalue weighted by Crippen LogP contribution is -2.24. The number of amides is 1. The predicted molar refractivity (Wildman–Crippen MR) is 86.8 cm³/mol. The quantitative estimate of drug-likeness (QED) is 0.744. The topological polar surface area (TPSA) is 81.7 Å². The Morgan fingerprint density at radius 1 is 1.11 bits per heavy atom.